The van der Waals surface area contributed by atoms with Crippen molar-refractivity contribution in [2.75, 3.05) is 0 Å². The number of hydrogen-bond acceptors (Lipinski definition) is 6. The number of nitrogens with two attached hydrogens (primary N) is 1. The van der Waals surface area contributed by atoms with Crippen molar-refractivity contribution in [1.82, 2.24) is 19.7 Å². The van der Waals surface area contributed by atoms with Gasteiger partial charge in [0, 0.05) is 19.4 Å². The highest BCUT2D eigenvalue weighted by Gasteiger charge is 2.12. The number of oxime groups is 1. The number of aromatic nitrogens is 4. The van der Waals surface area contributed by atoms with Gasteiger partial charge in [-0.25, -0.2) is 4.98 Å². The number of rotatable bonds is 3. The van der Waals surface area contributed by atoms with Gasteiger partial charge in [-0.1, -0.05) is 5.16 Å². The Labute approximate surface area is 101 Å². The molecule has 0 aliphatic heterocycles. The monoisotopic (exact) mass is 250 g/mol. The lowest BCUT2D eigenvalue weighted by atomic mass is 10.3. The fourth-order valence-corrected chi connectivity index (χ4v) is 2.04. The maximum atomic E-state index is 8.68. The molecule has 0 aliphatic rings. The van der Waals surface area contributed by atoms with Crippen molar-refractivity contribution in [2.24, 2.45) is 17.9 Å². The summed E-state index contributed by atoms with van der Waals surface area (Å²) in [6, 6.07) is 1.63. The van der Waals surface area contributed by atoms with Crippen molar-refractivity contribution >= 4 is 17.6 Å². The van der Waals surface area contributed by atoms with E-state index in [2.05, 4.69) is 20.3 Å². The maximum Gasteiger partial charge on any atom is 0.174 e. The number of amidine groups is 1. The van der Waals surface area contributed by atoms with Gasteiger partial charge < -0.3 is 15.5 Å². The second-order valence-corrected chi connectivity index (χ2v) is 4.11. The van der Waals surface area contributed by atoms with E-state index in [1.165, 1.54) is 18.0 Å². The van der Waals surface area contributed by atoms with E-state index in [-0.39, 0.29) is 5.84 Å². The van der Waals surface area contributed by atoms with Crippen molar-refractivity contribution in [3.63, 3.8) is 0 Å². The Bertz CT molecular complexity index is 552. The van der Waals surface area contributed by atoms with Gasteiger partial charge in [-0.15, -0.1) is 5.10 Å². The summed E-state index contributed by atoms with van der Waals surface area (Å²) in [4.78, 5) is 4.15. The van der Waals surface area contributed by atoms with E-state index in [1.54, 1.807) is 12.3 Å². The molecule has 0 saturated heterocycles. The lowest BCUT2D eigenvalue weighted by Crippen LogP contribution is -2.15. The minimum atomic E-state index is -0.00314. The fraction of sp³-hybridized carbons (Fsp3) is 0.111. The summed E-state index contributed by atoms with van der Waals surface area (Å²) in [5, 5.41) is 20.6. The predicted octanol–water partition coefficient (Wildman–Crippen LogP) is 0.456. The summed E-state index contributed by atoms with van der Waals surface area (Å²) in [5.74, 6) is -0.00314. The molecule has 0 unspecified atom stereocenters. The molecule has 2 aromatic rings. The summed E-state index contributed by atoms with van der Waals surface area (Å²) in [7, 11) is 1.87. The van der Waals surface area contributed by atoms with E-state index in [4.69, 9.17) is 10.9 Å². The quantitative estimate of drug-likeness (QED) is 0.355. The Hall–Kier alpha value is -2.09. The van der Waals surface area contributed by atoms with Gasteiger partial charge in [-0.05, 0) is 17.8 Å². The van der Waals surface area contributed by atoms with Crippen LogP contribution in [0.2, 0.25) is 0 Å². The topological polar surface area (TPSA) is 102 Å². The first kappa shape index (κ1) is 11.4. The second kappa shape index (κ2) is 4.83. The molecule has 88 valence electrons. The molecule has 2 rings (SSSR count). The smallest absolute Gasteiger partial charge is 0.174 e. The van der Waals surface area contributed by atoms with Crippen molar-refractivity contribution < 1.29 is 5.21 Å². The molecule has 0 atom stereocenters. The molecule has 3 N–H and O–H groups in total. The van der Waals surface area contributed by atoms with E-state index in [0.29, 0.717) is 10.6 Å². The molecule has 0 saturated carbocycles. The third-order valence-corrected chi connectivity index (χ3v) is 3.11. The van der Waals surface area contributed by atoms with Gasteiger partial charge in [0.1, 0.15) is 5.03 Å². The zero-order valence-electron chi connectivity index (χ0n) is 8.98. The zero-order valence-corrected chi connectivity index (χ0v) is 9.79. The lowest BCUT2D eigenvalue weighted by Gasteiger charge is -2.04. The van der Waals surface area contributed by atoms with Crippen LogP contribution in [0, 0.1) is 0 Å². The fourth-order valence-electron chi connectivity index (χ4n) is 1.18. The molecular weight excluding hydrogens is 240 g/mol. The normalized spacial score (nSPS) is 11.7. The molecule has 0 amide bonds. The lowest BCUT2D eigenvalue weighted by molar-refractivity contribution is 0.318. The molecular formula is C9H10N6OS. The van der Waals surface area contributed by atoms with Crippen LogP contribution in [0.5, 0.6) is 0 Å². The van der Waals surface area contributed by atoms with Gasteiger partial charge in [0.05, 0.1) is 11.8 Å². The second-order valence-electron chi connectivity index (χ2n) is 3.16. The first-order valence-electron chi connectivity index (χ1n) is 4.67. The van der Waals surface area contributed by atoms with Crippen LogP contribution in [0.1, 0.15) is 5.56 Å². The number of nitrogens with zero attached hydrogens (tertiary/aromatic N) is 5. The van der Waals surface area contributed by atoms with E-state index >= 15 is 0 Å². The minimum absolute atomic E-state index is 0.00314. The number of aryl methyl sites for hydroxylation is 1. The molecule has 0 bridgehead atoms. The third kappa shape index (κ3) is 2.36. The zero-order chi connectivity index (χ0) is 12.3. The first-order valence-corrected chi connectivity index (χ1v) is 5.48. The Balaban J connectivity index is 2.36. The van der Waals surface area contributed by atoms with Crippen LogP contribution in [0.3, 0.4) is 0 Å². The SMILES string of the molecule is Cn1ccnc1Sc1nnccc1/C(N)=N/O. The highest BCUT2D eigenvalue weighted by molar-refractivity contribution is 7.99. The van der Waals surface area contributed by atoms with E-state index in [9.17, 15) is 0 Å². The molecule has 2 aromatic heterocycles. The standard InChI is InChI=1S/C9H10N6OS/c1-15-5-4-11-9(15)17-8-6(7(10)14-16)2-3-12-13-8/h2-5,16H,1H3,(H2,10,14). The summed E-state index contributed by atoms with van der Waals surface area (Å²) in [6.07, 6.45) is 4.99. The van der Waals surface area contributed by atoms with Gasteiger partial charge in [0.15, 0.2) is 11.0 Å². The molecule has 0 fully saturated rings. The van der Waals surface area contributed by atoms with E-state index in [1.807, 2.05) is 17.8 Å². The molecule has 17 heavy (non-hydrogen) atoms. The molecule has 7 nitrogen and oxygen atoms in total. The summed E-state index contributed by atoms with van der Waals surface area (Å²) < 4.78 is 1.84. The van der Waals surface area contributed by atoms with Crippen molar-refractivity contribution in [3.8, 4) is 0 Å². The molecule has 2 heterocycles. The van der Waals surface area contributed by atoms with Crippen LogP contribution >= 0.6 is 11.8 Å². The van der Waals surface area contributed by atoms with Crippen LogP contribution in [0.4, 0.5) is 0 Å². The molecule has 8 heteroatoms. The number of imidazole rings is 1. The molecule has 0 aromatic carbocycles. The summed E-state index contributed by atoms with van der Waals surface area (Å²) in [6.45, 7) is 0. The van der Waals surface area contributed by atoms with Crippen molar-refractivity contribution in [1.29, 1.82) is 0 Å². The summed E-state index contributed by atoms with van der Waals surface area (Å²) in [5.41, 5.74) is 6.08. The largest absolute Gasteiger partial charge is 0.409 e. The number of hydrogen-bond donors (Lipinski definition) is 2. The van der Waals surface area contributed by atoms with Crippen LogP contribution in [0.25, 0.3) is 0 Å². The molecule has 0 spiro atoms. The van der Waals surface area contributed by atoms with Gasteiger partial charge in [-0.3, -0.25) is 0 Å². The Kier molecular flexibility index (Phi) is 3.24. The van der Waals surface area contributed by atoms with Crippen molar-refractivity contribution in [3.05, 3.63) is 30.2 Å². The van der Waals surface area contributed by atoms with Crippen LogP contribution in [-0.2, 0) is 7.05 Å². The maximum absolute atomic E-state index is 8.68. The Morgan fingerprint density at radius 2 is 2.35 bits per heavy atom. The Morgan fingerprint density at radius 1 is 1.53 bits per heavy atom. The van der Waals surface area contributed by atoms with Crippen LogP contribution in [-0.4, -0.2) is 30.8 Å². The Morgan fingerprint density at radius 3 is 3.00 bits per heavy atom. The average Bonchev–Trinajstić information content (AvgIpc) is 2.75. The third-order valence-electron chi connectivity index (χ3n) is 2.04. The van der Waals surface area contributed by atoms with Crippen molar-refractivity contribution in [2.45, 2.75) is 10.2 Å². The predicted molar refractivity (Wildman–Crippen MR) is 61.9 cm³/mol. The van der Waals surface area contributed by atoms with Gasteiger partial charge in [0.25, 0.3) is 0 Å². The highest BCUT2D eigenvalue weighted by Crippen LogP contribution is 2.26. The van der Waals surface area contributed by atoms with E-state index in [0.717, 1.165) is 5.16 Å². The first-order chi connectivity index (χ1) is 8.22. The highest BCUT2D eigenvalue weighted by atomic mass is 32.2. The average molecular weight is 250 g/mol. The van der Waals surface area contributed by atoms with Crippen LogP contribution < -0.4 is 5.73 Å². The summed E-state index contributed by atoms with van der Waals surface area (Å²) >= 11 is 1.30. The molecule has 0 radical (unpaired) electrons. The molecule has 0 aliphatic carbocycles. The minimum Gasteiger partial charge on any atom is -0.409 e. The van der Waals surface area contributed by atoms with Gasteiger partial charge in [0.2, 0.25) is 0 Å². The van der Waals surface area contributed by atoms with Crippen LogP contribution in [0.15, 0.2) is 40.0 Å². The van der Waals surface area contributed by atoms with E-state index < -0.39 is 0 Å². The van der Waals surface area contributed by atoms with Gasteiger partial charge >= 0.3 is 0 Å². The van der Waals surface area contributed by atoms with Gasteiger partial charge in [-0.2, -0.15) is 5.10 Å².